The summed E-state index contributed by atoms with van der Waals surface area (Å²) in [5.41, 5.74) is 7.61. The zero-order chi connectivity index (χ0) is 22.7. The minimum Gasteiger partial charge on any atom is -0.401 e. The van der Waals surface area contributed by atoms with Crippen LogP contribution in [0.1, 0.15) is 18.4 Å². The number of sulfonamides is 1. The number of nitrogens with two attached hydrogens (primary N) is 1. The first-order chi connectivity index (χ1) is 14.6. The molecule has 0 amide bonds. The highest BCUT2D eigenvalue weighted by Crippen LogP contribution is 2.36. The summed E-state index contributed by atoms with van der Waals surface area (Å²) in [7, 11) is -3.69. The van der Waals surface area contributed by atoms with Gasteiger partial charge < -0.3 is 20.1 Å². The number of benzene rings is 1. The van der Waals surface area contributed by atoms with Gasteiger partial charge in [-0.3, -0.25) is 0 Å². The first-order valence-electron chi connectivity index (χ1n) is 10.1. The number of nitrogens with zero attached hydrogens (tertiary/aromatic N) is 2. The highest BCUT2D eigenvalue weighted by molar-refractivity contribution is 7.90. The Hall–Kier alpha value is -1.82. The molecule has 0 atom stereocenters. The summed E-state index contributed by atoms with van der Waals surface area (Å²) in [4.78, 5) is 2.04. The Kier molecular flexibility index (Phi) is 7.19. The number of alkyl halides is 3. The van der Waals surface area contributed by atoms with Gasteiger partial charge in [-0.05, 0) is 30.5 Å². The Morgan fingerprint density at radius 3 is 2.23 bits per heavy atom. The number of hydrogen-bond donors (Lipinski definition) is 1. The number of rotatable bonds is 7. The van der Waals surface area contributed by atoms with Crippen LogP contribution in [0.15, 0.2) is 36.5 Å². The SMILES string of the molecule is C=C(N)C1(S(=O)(=O)N2CCN(c3ccc(COCC(F)(F)F)cc3)CC2)CCOCC1. The number of hydrogen-bond acceptors (Lipinski definition) is 6. The molecule has 0 spiro atoms. The molecule has 1 aromatic carbocycles. The zero-order valence-electron chi connectivity index (χ0n) is 17.2. The molecule has 7 nitrogen and oxygen atoms in total. The molecular weight excluding hydrogens is 435 g/mol. The molecule has 0 aromatic heterocycles. The van der Waals surface area contributed by atoms with Gasteiger partial charge in [0, 0.05) is 50.8 Å². The molecule has 2 saturated heterocycles. The van der Waals surface area contributed by atoms with Crippen molar-refractivity contribution in [3.63, 3.8) is 0 Å². The van der Waals surface area contributed by atoms with E-state index in [0.29, 0.717) is 57.8 Å². The molecule has 2 aliphatic rings. The van der Waals surface area contributed by atoms with Crippen molar-refractivity contribution in [2.24, 2.45) is 5.73 Å². The van der Waals surface area contributed by atoms with Gasteiger partial charge in [-0.1, -0.05) is 18.7 Å². The molecule has 174 valence electrons. The van der Waals surface area contributed by atoms with Crippen molar-refractivity contribution in [1.29, 1.82) is 0 Å². The molecule has 1 aromatic rings. The monoisotopic (exact) mass is 463 g/mol. The van der Waals surface area contributed by atoms with E-state index in [1.54, 1.807) is 24.3 Å². The van der Waals surface area contributed by atoms with Gasteiger partial charge in [0.1, 0.15) is 11.4 Å². The van der Waals surface area contributed by atoms with Crippen LogP contribution in [0.4, 0.5) is 18.9 Å². The topological polar surface area (TPSA) is 85.1 Å². The van der Waals surface area contributed by atoms with Crippen molar-refractivity contribution in [1.82, 2.24) is 4.31 Å². The van der Waals surface area contributed by atoms with Crippen LogP contribution in [-0.2, 0) is 26.1 Å². The van der Waals surface area contributed by atoms with E-state index in [1.165, 1.54) is 4.31 Å². The Labute approximate surface area is 180 Å². The van der Waals surface area contributed by atoms with Gasteiger partial charge in [0.15, 0.2) is 0 Å². The minimum absolute atomic E-state index is 0.124. The smallest absolute Gasteiger partial charge is 0.401 e. The van der Waals surface area contributed by atoms with E-state index in [4.69, 9.17) is 10.5 Å². The first kappa shape index (κ1) is 23.8. The highest BCUT2D eigenvalue weighted by atomic mass is 32.2. The normalized spacial score (nSPS) is 20.5. The maximum Gasteiger partial charge on any atom is 0.411 e. The molecule has 0 aliphatic carbocycles. The lowest BCUT2D eigenvalue weighted by Crippen LogP contribution is -2.58. The van der Waals surface area contributed by atoms with Crippen LogP contribution in [0.25, 0.3) is 0 Å². The Balaban J connectivity index is 1.59. The summed E-state index contributed by atoms with van der Waals surface area (Å²) in [6.07, 6.45) is -3.76. The van der Waals surface area contributed by atoms with Crippen molar-refractivity contribution in [2.45, 2.75) is 30.4 Å². The van der Waals surface area contributed by atoms with Crippen molar-refractivity contribution in [3.8, 4) is 0 Å². The van der Waals surface area contributed by atoms with Crippen LogP contribution in [-0.4, -0.2) is 69.6 Å². The molecule has 2 heterocycles. The van der Waals surface area contributed by atoms with Crippen LogP contribution in [0.3, 0.4) is 0 Å². The lowest BCUT2D eigenvalue weighted by Gasteiger charge is -2.43. The zero-order valence-corrected chi connectivity index (χ0v) is 18.1. The van der Waals surface area contributed by atoms with Crippen molar-refractivity contribution in [2.75, 3.05) is 50.9 Å². The number of anilines is 1. The third-order valence-electron chi connectivity index (χ3n) is 5.79. The maximum absolute atomic E-state index is 13.4. The van der Waals surface area contributed by atoms with Gasteiger partial charge in [-0.25, -0.2) is 8.42 Å². The molecule has 31 heavy (non-hydrogen) atoms. The van der Waals surface area contributed by atoms with Gasteiger partial charge >= 0.3 is 6.18 Å². The molecule has 11 heteroatoms. The van der Waals surface area contributed by atoms with Gasteiger partial charge in [0.25, 0.3) is 0 Å². The van der Waals surface area contributed by atoms with E-state index in [2.05, 4.69) is 11.3 Å². The van der Waals surface area contributed by atoms with Gasteiger partial charge in [-0.15, -0.1) is 0 Å². The first-order valence-corrected chi connectivity index (χ1v) is 11.5. The standard InChI is InChI=1S/C20H28F3N3O4S/c1-16(24)19(6-12-29-13-7-19)31(27,28)26-10-8-25(9-11-26)18-4-2-17(3-5-18)14-30-15-20(21,22)23/h2-5H,1,6-15,24H2. The summed E-state index contributed by atoms with van der Waals surface area (Å²) in [6.45, 7) is 4.61. The summed E-state index contributed by atoms with van der Waals surface area (Å²) in [5, 5.41) is 0. The van der Waals surface area contributed by atoms with Crippen molar-refractivity contribution in [3.05, 3.63) is 42.1 Å². The van der Waals surface area contributed by atoms with E-state index < -0.39 is 27.6 Å². The number of piperazine rings is 1. The lowest BCUT2D eigenvalue weighted by molar-refractivity contribution is -0.176. The van der Waals surface area contributed by atoms with Gasteiger partial charge in [0.2, 0.25) is 10.0 Å². The predicted octanol–water partition coefficient (Wildman–Crippen LogP) is 2.24. The molecule has 2 N–H and O–H groups in total. The Bertz CT molecular complexity index is 861. The van der Waals surface area contributed by atoms with Gasteiger partial charge in [-0.2, -0.15) is 17.5 Å². The highest BCUT2D eigenvalue weighted by Gasteiger charge is 2.50. The molecule has 2 aliphatic heterocycles. The molecule has 0 saturated carbocycles. The fourth-order valence-corrected chi connectivity index (χ4v) is 6.12. The van der Waals surface area contributed by atoms with E-state index in [9.17, 15) is 21.6 Å². The van der Waals surface area contributed by atoms with Gasteiger partial charge in [0.05, 0.1) is 6.61 Å². The molecule has 3 rings (SSSR count). The van der Waals surface area contributed by atoms with Crippen LogP contribution >= 0.6 is 0 Å². The van der Waals surface area contributed by atoms with E-state index in [-0.39, 0.29) is 12.3 Å². The largest absolute Gasteiger partial charge is 0.411 e. The quantitative estimate of drug-likeness (QED) is 0.668. The average molecular weight is 464 g/mol. The van der Waals surface area contributed by atoms with Crippen LogP contribution in [0.2, 0.25) is 0 Å². The molecule has 0 unspecified atom stereocenters. The second-order valence-electron chi connectivity index (χ2n) is 7.80. The van der Waals surface area contributed by atoms with E-state index >= 15 is 0 Å². The summed E-state index contributed by atoms with van der Waals surface area (Å²) < 4.78 is 73.6. The molecule has 0 bridgehead atoms. The second kappa shape index (κ2) is 9.35. The summed E-state index contributed by atoms with van der Waals surface area (Å²) in [6, 6.07) is 7.03. The third kappa shape index (κ3) is 5.33. The van der Waals surface area contributed by atoms with E-state index in [0.717, 1.165) is 5.69 Å². The van der Waals surface area contributed by atoms with E-state index in [1.807, 2.05) is 4.90 Å². The van der Waals surface area contributed by atoms with Crippen LogP contribution < -0.4 is 10.6 Å². The minimum atomic E-state index is -4.35. The second-order valence-corrected chi connectivity index (χ2v) is 10.0. The summed E-state index contributed by atoms with van der Waals surface area (Å²) >= 11 is 0. The van der Waals surface area contributed by atoms with Crippen LogP contribution in [0.5, 0.6) is 0 Å². The number of ether oxygens (including phenoxy) is 2. The molecule has 0 radical (unpaired) electrons. The lowest BCUT2D eigenvalue weighted by atomic mass is 9.96. The molecule has 2 fully saturated rings. The fraction of sp³-hybridized carbons (Fsp3) is 0.600. The Morgan fingerprint density at radius 1 is 1.13 bits per heavy atom. The third-order valence-corrected chi connectivity index (χ3v) is 8.50. The van der Waals surface area contributed by atoms with Crippen LogP contribution in [0, 0.1) is 0 Å². The Morgan fingerprint density at radius 2 is 1.71 bits per heavy atom. The summed E-state index contributed by atoms with van der Waals surface area (Å²) in [5.74, 6) is 0. The maximum atomic E-state index is 13.4. The average Bonchev–Trinajstić information content (AvgIpc) is 2.74. The fourth-order valence-electron chi connectivity index (χ4n) is 3.97. The predicted molar refractivity (Wildman–Crippen MR) is 111 cm³/mol. The molecular formula is C20H28F3N3O4S. The van der Waals surface area contributed by atoms with Crippen molar-refractivity contribution < 1.29 is 31.1 Å². The number of halogens is 3. The van der Waals surface area contributed by atoms with Crippen molar-refractivity contribution >= 4 is 15.7 Å².